The third kappa shape index (κ3) is 3.16. The number of nitrogens with one attached hydrogen (secondary N) is 1. The van der Waals surface area contributed by atoms with Crippen molar-refractivity contribution >= 4 is 33.1 Å². The highest BCUT2D eigenvalue weighted by Gasteiger charge is 2.28. The molecule has 0 unspecified atom stereocenters. The first kappa shape index (κ1) is 17.5. The summed E-state index contributed by atoms with van der Waals surface area (Å²) < 4.78 is 30.6. The van der Waals surface area contributed by atoms with Crippen LogP contribution in [0.15, 0.2) is 39.6 Å². The van der Waals surface area contributed by atoms with Crippen molar-refractivity contribution in [2.45, 2.75) is 26.3 Å². The number of hydrogen-bond acceptors (Lipinski definition) is 3. The number of allylic oxidation sites excluding steroid dienone is 2. The molecular formula is C18H15BrF2N2O2. The molecule has 7 heteroatoms. The van der Waals surface area contributed by atoms with Crippen molar-refractivity contribution in [3.63, 3.8) is 0 Å². The van der Waals surface area contributed by atoms with Gasteiger partial charge in [-0.1, -0.05) is 22.0 Å². The van der Waals surface area contributed by atoms with Crippen LogP contribution in [0.3, 0.4) is 0 Å². The number of nitrogens with zero attached hydrogens (tertiary/aromatic N) is 1. The molecule has 0 amide bonds. The highest BCUT2D eigenvalue weighted by atomic mass is 79.9. The molecule has 0 aliphatic carbocycles. The Labute approximate surface area is 151 Å². The van der Waals surface area contributed by atoms with E-state index in [0.717, 1.165) is 0 Å². The Morgan fingerprint density at radius 1 is 1.36 bits per heavy atom. The molecule has 4 nitrogen and oxygen atoms in total. The molecule has 0 atom stereocenters. The molecule has 0 saturated carbocycles. The maximum atomic E-state index is 14.7. The lowest BCUT2D eigenvalue weighted by Crippen LogP contribution is -2.27. The van der Waals surface area contributed by atoms with Crippen molar-refractivity contribution in [1.29, 1.82) is 0 Å². The molecule has 2 heterocycles. The molecule has 1 N–H and O–H groups in total. The minimum Gasteiger partial charge on any atom is -0.350 e. The van der Waals surface area contributed by atoms with Gasteiger partial charge in [0.1, 0.15) is 5.82 Å². The van der Waals surface area contributed by atoms with Crippen molar-refractivity contribution in [2.24, 2.45) is 0 Å². The largest absolute Gasteiger partial charge is 0.350 e. The smallest absolute Gasteiger partial charge is 0.289 e. The van der Waals surface area contributed by atoms with Crippen molar-refractivity contribution < 1.29 is 13.6 Å². The van der Waals surface area contributed by atoms with Crippen LogP contribution in [0.25, 0.3) is 0 Å². The topological polar surface area (TPSA) is 51.1 Å². The fraction of sp³-hybridized carbons (Fsp3) is 0.222. The molecule has 3 rings (SSSR count). The van der Waals surface area contributed by atoms with Crippen LogP contribution in [-0.4, -0.2) is 10.4 Å². The third-order valence-corrected chi connectivity index (χ3v) is 4.56. The summed E-state index contributed by atoms with van der Waals surface area (Å²) >= 11 is 3.15. The van der Waals surface area contributed by atoms with Gasteiger partial charge in [-0.25, -0.2) is 4.39 Å². The molecular weight excluding hydrogens is 394 g/mol. The number of anilines is 2. The van der Waals surface area contributed by atoms with Crippen LogP contribution < -0.4 is 10.9 Å². The molecule has 1 aliphatic heterocycles. The van der Waals surface area contributed by atoms with Crippen LogP contribution in [-0.2, 0) is 13.0 Å². The molecule has 2 aromatic rings. The van der Waals surface area contributed by atoms with Crippen molar-refractivity contribution in [3.8, 4) is 0 Å². The second kappa shape index (κ2) is 6.92. The molecule has 0 fully saturated rings. The van der Waals surface area contributed by atoms with Crippen molar-refractivity contribution in [3.05, 3.63) is 68.1 Å². The minimum absolute atomic E-state index is 0.0148. The fourth-order valence-electron chi connectivity index (χ4n) is 2.98. The number of pyridine rings is 1. The first-order chi connectivity index (χ1) is 11.9. The number of ketones is 1. The summed E-state index contributed by atoms with van der Waals surface area (Å²) in [6.07, 6.45) is 4.00. The zero-order chi connectivity index (χ0) is 18.1. The van der Waals surface area contributed by atoms with Gasteiger partial charge in [0.25, 0.3) is 5.56 Å². The van der Waals surface area contributed by atoms with Crippen LogP contribution in [0, 0.1) is 11.6 Å². The van der Waals surface area contributed by atoms with Gasteiger partial charge in [0.05, 0.1) is 16.9 Å². The number of carbonyl (C=O) groups is 1. The summed E-state index contributed by atoms with van der Waals surface area (Å²) in [7, 11) is 0. The lowest BCUT2D eigenvalue weighted by Gasteiger charge is -2.16. The number of fused-ring (bicyclic) bond motifs is 1. The number of halogens is 3. The standard InChI is InChI=1S/C18H15BrF2N2O2/c1-2-4-14(24)15-13-5-3-8-23(13)18(25)16(21)17(15)22-12-7-6-10(19)9-11(12)20/h2,4,6-7,9,22H,3,5,8H2,1H3. The summed E-state index contributed by atoms with van der Waals surface area (Å²) in [5.74, 6) is -2.13. The molecule has 1 aromatic heterocycles. The van der Waals surface area contributed by atoms with Gasteiger partial charge < -0.3 is 9.88 Å². The zero-order valence-electron chi connectivity index (χ0n) is 13.4. The van der Waals surface area contributed by atoms with E-state index in [1.807, 2.05) is 0 Å². The predicted molar refractivity (Wildman–Crippen MR) is 95.5 cm³/mol. The number of carbonyl (C=O) groups excluding carboxylic acids is 1. The van der Waals surface area contributed by atoms with Gasteiger partial charge in [0.2, 0.25) is 5.82 Å². The van der Waals surface area contributed by atoms with Crippen molar-refractivity contribution in [2.75, 3.05) is 5.32 Å². The van der Waals surface area contributed by atoms with Gasteiger partial charge >= 0.3 is 0 Å². The maximum absolute atomic E-state index is 14.7. The van der Waals surface area contributed by atoms with E-state index in [1.165, 1.54) is 22.8 Å². The minimum atomic E-state index is -1.08. The zero-order valence-corrected chi connectivity index (χ0v) is 15.0. The normalized spacial score (nSPS) is 13.3. The summed E-state index contributed by atoms with van der Waals surface area (Å²) in [6.45, 7) is 2.04. The maximum Gasteiger partial charge on any atom is 0.289 e. The van der Waals surface area contributed by atoms with Gasteiger partial charge in [-0.3, -0.25) is 9.59 Å². The SMILES string of the molecule is CC=CC(=O)c1c(Nc2ccc(Br)cc2F)c(F)c(=O)n2c1CCC2. The number of benzene rings is 1. The summed E-state index contributed by atoms with van der Waals surface area (Å²) in [5, 5.41) is 2.61. The van der Waals surface area contributed by atoms with Crippen LogP contribution in [0.2, 0.25) is 0 Å². The first-order valence-electron chi connectivity index (χ1n) is 7.78. The quantitative estimate of drug-likeness (QED) is 0.604. The summed E-state index contributed by atoms with van der Waals surface area (Å²) in [5.41, 5.74) is -0.532. The molecule has 1 aliphatic rings. The fourth-order valence-corrected chi connectivity index (χ4v) is 3.31. The van der Waals surface area contributed by atoms with Crippen LogP contribution in [0.5, 0.6) is 0 Å². The average molecular weight is 409 g/mol. The molecule has 1 aromatic carbocycles. The number of aromatic nitrogens is 1. The van der Waals surface area contributed by atoms with Gasteiger partial charge in [-0.05, 0) is 44.0 Å². The Morgan fingerprint density at radius 2 is 2.12 bits per heavy atom. The Morgan fingerprint density at radius 3 is 2.80 bits per heavy atom. The van der Waals surface area contributed by atoms with E-state index < -0.39 is 23.0 Å². The van der Waals surface area contributed by atoms with E-state index in [-0.39, 0.29) is 16.9 Å². The Kier molecular flexibility index (Phi) is 4.85. The highest BCUT2D eigenvalue weighted by molar-refractivity contribution is 9.10. The van der Waals surface area contributed by atoms with Gasteiger partial charge in [0.15, 0.2) is 5.78 Å². The van der Waals surface area contributed by atoms with E-state index in [9.17, 15) is 18.4 Å². The van der Waals surface area contributed by atoms with Crippen LogP contribution in [0.1, 0.15) is 29.4 Å². The summed E-state index contributed by atoms with van der Waals surface area (Å²) in [4.78, 5) is 24.8. The van der Waals surface area contributed by atoms with E-state index in [4.69, 9.17) is 0 Å². The van der Waals surface area contributed by atoms with Crippen molar-refractivity contribution in [1.82, 2.24) is 4.57 Å². The molecule has 25 heavy (non-hydrogen) atoms. The first-order valence-corrected chi connectivity index (χ1v) is 8.57. The molecule has 130 valence electrons. The Balaban J connectivity index is 2.22. The van der Waals surface area contributed by atoms with Crippen LogP contribution >= 0.6 is 15.9 Å². The Bertz CT molecular complexity index is 951. The number of hydrogen-bond donors (Lipinski definition) is 1. The van der Waals surface area contributed by atoms with Gasteiger partial charge in [-0.15, -0.1) is 0 Å². The van der Waals surface area contributed by atoms with Crippen LogP contribution in [0.4, 0.5) is 20.2 Å². The second-order valence-electron chi connectivity index (χ2n) is 5.68. The monoisotopic (exact) mass is 408 g/mol. The predicted octanol–water partition coefficient (Wildman–Crippen LogP) is 4.34. The average Bonchev–Trinajstić information content (AvgIpc) is 3.04. The van der Waals surface area contributed by atoms with E-state index in [2.05, 4.69) is 21.2 Å². The lowest BCUT2D eigenvalue weighted by atomic mass is 10.0. The molecule has 0 spiro atoms. The van der Waals surface area contributed by atoms with Gasteiger partial charge in [-0.2, -0.15) is 4.39 Å². The second-order valence-corrected chi connectivity index (χ2v) is 6.60. The Hall–Kier alpha value is -2.28. The molecule has 0 saturated heterocycles. The van der Waals surface area contributed by atoms with E-state index in [1.54, 1.807) is 19.1 Å². The van der Waals surface area contributed by atoms with E-state index in [0.29, 0.717) is 29.6 Å². The third-order valence-electron chi connectivity index (χ3n) is 4.07. The highest BCUT2D eigenvalue weighted by Crippen LogP contribution is 2.31. The van der Waals surface area contributed by atoms with Gasteiger partial charge in [0, 0.05) is 16.7 Å². The summed E-state index contributed by atoms with van der Waals surface area (Å²) in [6, 6.07) is 4.21. The molecule has 0 bridgehead atoms. The van der Waals surface area contributed by atoms with E-state index >= 15 is 0 Å². The lowest BCUT2D eigenvalue weighted by molar-refractivity contribution is 0.104. The number of rotatable bonds is 4. The molecule has 0 radical (unpaired) electrons.